The Balaban J connectivity index is 4.01. The van der Waals surface area contributed by atoms with Crippen LogP contribution in [0.5, 0.6) is 0 Å². The zero-order valence-corrected chi connectivity index (χ0v) is 47.0. The number of nitrogens with zero attached hydrogens (tertiary/aromatic N) is 1. The molecule has 0 amide bonds. The highest BCUT2D eigenvalue weighted by atomic mass is 31.2. The van der Waals surface area contributed by atoms with Crippen LogP contribution in [0.15, 0.2) is 0 Å². The van der Waals surface area contributed by atoms with Crippen LogP contribution in [0.2, 0.25) is 0 Å². The third kappa shape index (κ3) is 54.3. The van der Waals surface area contributed by atoms with Crippen molar-refractivity contribution in [2.45, 2.75) is 315 Å². The Morgan fingerprint density at radius 3 is 0.941 bits per heavy atom. The molecule has 2 unspecified atom stereocenters. The van der Waals surface area contributed by atoms with Gasteiger partial charge in [0.2, 0.25) is 0 Å². The van der Waals surface area contributed by atoms with Crippen LogP contribution in [0.4, 0.5) is 0 Å². The fraction of sp³-hybridized carbons (Fsp3) is 0.966. The summed E-state index contributed by atoms with van der Waals surface area (Å²) in [5, 5.41) is 0. The summed E-state index contributed by atoms with van der Waals surface area (Å²) in [6.07, 6.45) is 57.3. The number of carbonyl (C=O) groups excluding carboxylic acids is 2. The molecule has 0 radical (unpaired) electrons. The van der Waals surface area contributed by atoms with Crippen molar-refractivity contribution in [3.8, 4) is 0 Å². The van der Waals surface area contributed by atoms with Gasteiger partial charge in [-0.05, 0) is 12.8 Å². The molecule has 9 nitrogen and oxygen atoms in total. The second-order valence-corrected chi connectivity index (χ2v) is 23.1. The van der Waals surface area contributed by atoms with E-state index in [4.69, 9.17) is 18.5 Å². The first kappa shape index (κ1) is 67.0. The highest BCUT2D eigenvalue weighted by Gasteiger charge is 2.22. The molecule has 2 atom stereocenters. The summed E-state index contributed by atoms with van der Waals surface area (Å²) < 4.78 is 34.2. The number of unbranched alkanes of at least 4 members (excludes halogenated alkanes) is 42. The standard InChI is InChI=1S/C58H116NO8P/c1-6-8-10-12-14-16-18-20-22-23-24-25-26-27-28-29-30-31-32-33-34-35-37-39-41-43-45-47-49-51-58(61)67-56(55-66-68(62,63)65-53-52-59(3,4)5)54-64-57(60)50-48-46-44-42-40-38-36-21-19-17-15-13-11-9-7-2/h56H,6-55H2,1-5H3. The summed E-state index contributed by atoms with van der Waals surface area (Å²) in [6.45, 7) is 4.31. The van der Waals surface area contributed by atoms with Gasteiger partial charge in [-0.2, -0.15) is 0 Å². The minimum absolute atomic E-state index is 0.0252. The molecule has 0 heterocycles. The third-order valence-corrected chi connectivity index (χ3v) is 14.6. The molecule has 0 aromatic carbocycles. The molecular weight excluding hydrogens is 870 g/mol. The lowest BCUT2D eigenvalue weighted by molar-refractivity contribution is -0.870. The van der Waals surface area contributed by atoms with Gasteiger partial charge < -0.3 is 27.9 Å². The summed E-state index contributed by atoms with van der Waals surface area (Å²) in [5.74, 6) is -0.810. The van der Waals surface area contributed by atoms with E-state index in [1.807, 2.05) is 21.1 Å². The predicted octanol–water partition coefficient (Wildman–Crippen LogP) is 17.6. The van der Waals surface area contributed by atoms with E-state index in [9.17, 15) is 19.0 Å². The fourth-order valence-electron chi connectivity index (χ4n) is 9.01. The number of quaternary nitrogens is 1. The van der Waals surface area contributed by atoms with Gasteiger partial charge in [-0.25, -0.2) is 0 Å². The van der Waals surface area contributed by atoms with Crippen molar-refractivity contribution in [1.29, 1.82) is 0 Å². The van der Waals surface area contributed by atoms with E-state index in [1.165, 1.54) is 244 Å². The van der Waals surface area contributed by atoms with Gasteiger partial charge in [0.15, 0.2) is 6.10 Å². The molecular formula is C58H116NO8P. The number of esters is 2. The van der Waals surface area contributed by atoms with Crippen molar-refractivity contribution in [2.24, 2.45) is 0 Å². The average molecular weight is 987 g/mol. The second kappa shape index (κ2) is 50.9. The average Bonchev–Trinajstić information content (AvgIpc) is 3.30. The Labute approximate surface area is 423 Å². The summed E-state index contributed by atoms with van der Waals surface area (Å²) in [5.41, 5.74) is 0. The highest BCUT2D eigenvalue weighted by molar-refractivity contribution is 7.45. The molecule has 0 bridgehead atoms. The van der Waals surface area contributed by atoms with E-state index >= 15 is 0 Å². The summed E-state index contributed by atoms with van der Waals surface area (Å²) in [4.78, 5) is 37.8. The SMILES string of the molecule is CCCCCCCCCCCCCCCCCCCCCCCCCCCCCCCC(=O)OC(COC(=O)CCCCCCCCCCCCCCCCC)COP(=O)([O-])OCC[N+](C)(C)C. The first-order valence-corrected chi connectivity index (χ1v) is 31.2. The number of hydrogen-bond donors (Lipinski definition) is 0. The molecule has 0 aliphatic heterocycles. The van der Waals surface area contributed by atoms with E-state index in [0.717, 1.165) is 32.1 Å². The Kier molecular flexibility index (Phi) is 50.2. The number of ether oxygens (including phenoxy) is 2. The first-order chi connectivity index (χ1) is 33.0. The maximum atomic E-state index is 12.8. The lowest BCUT2D eigenvalue weighted by Gasteiger charge is -2.28. The van der Waals surface area contributed by atoms with Crippen LogP contribution in [-0.2, 0) is 32.7 Å². The van der Waals surface area contributed by atoms with Gasteiger partial charge in [0.1, 0.15) is 19.8 Å². The minimum atomic E-state index is -4.63. The van der Waals surface area contributed by atoms with Crippen LogP contribution in [0.25, 0.3) is 0 Å². The molecule has 0 saturated carbocycles. The molecule has 0 aliphatic carbocycles. The number of likely N-dealkylation sites (N-methyl/N-ethyl adjacent to an activating group) is 1. The van der Waals surface area contributed by atoms with E-state index in [0.29, 0.717) is 17.4 Å². The molecule has 0 aromatic heterocycles. The van der Waals surface area contributed by atoms with Crippen molar-refractivity contribution in [2.75, 3.05) is 47.5 Å². The van der Waals surface area contributed by atoms with Crippen molar-refractivity contribution in [3.63, 3.8) is 0 Å². The Morgan fingerprint density at radius 2 is 0.662 bits per heavy atom. The van der Waals surface area contributed by atoms with Crippen molar-refractivity contribution < 1.29 is 42.1 Å². The maximum Gasteiger partial charge on any atom is 0.306 e. The summed E-state index contributed by atoms with van der Waals surface area (Å²) in [6, 6.07) is 0. The molecule has 0 aliphatic rings. The van der Waals surface area contributed by atoms with Crippen molar-refractivity contribution in [3.05, 3.63) is 0 Å². The molecule has 0 fully saturated rings. The molecule has 0 N–H and O–H groups in total. The van der Waals surface area contributed by atoms with E-state index in [-0.39, 0.29) is 32.0 Å². The molecule has 0 saturated heterocycles. The topological polar surface area (TPSA) is 111 Å². The van der Waals surface area contributed by atoms with E-state index < -0.39 is 26.5 Å². The van der Waals surface area contributed by atoms with Gasteiger partial charge in [-0.3, -0.25) is 14.2 Å². The summed E-state index contributed by atoms with van der Waals surface area (Å²) >= 11 is 0. The van der Waals surface area contributed by atoms with Crippen LogP contribution in [0.1, 0.15) is 309 Å². The monoisotopic (exact) mass is 986 g/mol. The molecule has 0 rings (SSSR count). The lowest BCUT2D eigenvalue weighted by atomic mass is 10.0. The van der Waals surface area contributed by atoms with E-state index in [1.54, 1.807) is 0 Å². The molecule has 10 heteroatoms. The van der Waals surface area contributed by atoms with Crippen LogP contribution >= 0.6 is 7.82 Å². The Bertz CT molecular complexity index is 1120. The van der Waals surface area contributed by atoms with Crippen molar-refractivity contribution >= 4 is 19.8 Å². The van der Waals surface area contributed by atoms with Crippen LogP contribution < -0.4 is 4.89 Å². The number of hydrogen-bond acceptors (Lipinski definition) is 8. The van der Waals surface area contributed by atoms with Gasteiger partial charge in [-0.15, -0.1) is 0 Å². The zero-order chi connectivity index (χ0) is 49.9. The quantitative estimate of drug-likeness (QED) is 0.0256. The molecule has 0 aromatic rings. The number of carbonyl (C=O) groups is 2. The predicted molar refractivity (Wildman–Crippen MR) is 287 cm³/mol. The normalized spacial score (nSPS) is 13.2. The zero-order valence-electron chi connectivity index (χ0n) is 46.1. The third-order valence-electron chi connectivity index (χ3n) is 13.6. The molecule has 406 valence electrons. The smallest absolute Gasteiger partial charge is 0.306 e. The Morgan fingerprint density at radius 1 is 0.397 bits per heavy atom. The van der Waals surface area contributed by atoms with Crippen LogP contribution in [0.3, 0.4) is 0 Å². The lowest BCUT2D eigenvalue weighted by Crippen LogP contribution is -2.37. The van der Waals surface area contributed by atoms with Crippen LogP contribution in [0, 0.1) is 0 Å². The fourth-order valence-corrected chi connectivity index (χ4v) is 9.74. The van der Waals surface area contributed by atoms with Gasteiger partial charge in [0, 0.05) is 12.8 Å². The van der Waals surface area contributed by atoms with Crippen molar-refractivity contribution in [1.82, 2.24) is 0 Å². The number of rotatable bonds is 56. The molecule has 0 spiro atoms. The van der Waals surface area contributed by atoms with Gasteiger partial charge >= 0.3 is 11.9 Å². The highest BCUT2D eigenvalue weighted by Crippen LogP contribution is 2.38. The number of phosphoric acid groups is 1. The van der Waals surface area contributed by atoms with Gasteiger partial charge in [0.25, 0.3) is 7.82 Å². The largest absolute Gasteiger partial charge is 0.756 e. The Hall–Kier alpha value is -0.990. The second-order valence-electron chi connectivity index (χ2n) is 21.7. The summed E-state index contributed by atoms with van der Waals surface area (Å²) in [7, 11) is 1.19. The maximum absolute atomic E-state index is 12.8. The first-order valence-electron chi connectivity index (χ1n) is 29.7. The van der Waals surface area contributed by atoms with Crippen LogP contribution in [-0.4, -0.2) is 70.0 Å². The van der Waals surface area contributed by atoms with Gasteiger partial charge in [-0.1, -0.05) is 284 Å². The molecule has 68 heavy (non-hydrogen) atoms. The van der Waals surface area contributed by atoms with Gasteiger partial charge in [0.05, 0.1) is 27.7 Å². The van der Waals surface area contributed by atoms with E-state index in [2.05, 4.69) is 13.8 Å². The number of phosphoric ester groups is 1. The minimum Gasteiger partial charge on any atom is -0.756 e.